The van der Waals surface area contributed by atoms with Gasteiger partial charge in [-0.05, 0) is 61.4 Å². The second kappa shape index (κ2) is 8.97. The molecule has 3 heterocycles. The average Bonchev–Trinajstić information content (AvgIpc) is 3.43. The second-order valence-corrected chi connectivity index (χ2v) is 8.24. The van der Waals surface area contributed by atoms with Crippen LogP contribution in [0.4, 0.5) is 23.2 Å². The molecule has 11 heteroatoms. The van der Waals surface area contributed by atoms with Gasteiger partial charge in [0, 0.05) is 30.4 Å². The Kier molecular flexibility index (Phi) is 5.83. The lowest BCUT2D eigenvalue weighted by Gasteiger charge is -2.11. The average molecular weight is 484 g/mol. The predicted octanol–water partition coefficient (Wildman–Crippen LogP) is 5.27. The number of fused-ring (bicyclic) bond motifs is 1. The summed E-state index contributed by atoms with van der Waals surface area (Å²) < 4.78 is 56.0. The van der Waals surface area contributed by atoms with E-state index < -0.39 is 23.6 Å². The molecule has 2 aromatic heterocycles. The van der Waals surface area contributed by atoms with Crippen molar-refractivity contribution < 1.29 is 22.4 Å². The van der Waals surface area contributed by atoms with E-state index in [0.717, 1.165) is 42.3 Å². The molecule has 1 N–H and O–H groups in total. The van der Waals surface area contributed by atoms with Crippen LogP contribution in [0.2, 0.25) is 0 Å². The fourth-order valence-corrected chi connectivity index (χ4v) is 4.05. The molecule has 35 heavy (non-hydrogen) atoms. The zero-order chi connectivity index (χ0) is 24.6. The van der Waals surface area contributed by atoms with E-state index >= 15 is 0 Å². The van der Waals surface area contributed by atoms with Crippen molar-refractivity contribution in [1.29, 1.82) is 0 Å². The van der Waals surface area contributed by atoms with Crippen molar-refractivity contribution in [3.63, 3.8) is 0 Å². The third-order valence-corrected chi connectivity index (χ3v) is 5.85. The number of nitrogens with zero attached hydrogens (tertiary/aromatic N) is 5. The summed E-state index contributed by atoms with van der Waals surface area (Å²) in [5.41, 5.74) is 0.269. The van der Waals surface area contributed by atoms with E-state index in [1.165, 1.54) is 48.7 Å². The van der Waals surface area contributed by atoms with Gasteiger partial charge < -0.3 is 9.88 Å². The number of aromatic nitrogens is 5. The number of aryl methyl sites for hydroxylation is 1. The molecule has 1 aliphatic heterocycles. The maximum Gasteiger partial charge on any atom is 0.435 e. The largest absolute Gasteiger partial charge is 0.435 e. The number of anilines is 1. The molecule has 0 saturated heterocycles. The molecule has 7 nitrogen and oxygen atoms in total. The van der Waals surface area contributed by atoms with Gasteiger partial charge in [0.15, 0.2) is 11.5 Å². The Morgan fingerprint density at radius 2 is 1.77 bits per heavy atom. The SMILES string of the molecule is O=C(Nc1ccc(F)c(-c2nnc3n2CCCCC3)c1)c1ccc(-n2ccc(C(F)(F)F)n2)cc1. The normalized spacial score (nSPS) is 13.8. The molecule has 0 aliphatic carbocycles. The van der Waals surface area contributed by atoms with Crippen LogP contribution < -0.4 is 5.32 Å². The molecule has 0 radical (unpaired) electrons. The van der Waals surface area contributed by atoms with E-state index in [1.807, 2.05) is 4.57 Å². The fraction of sp³-hybridized carbons (Fsp3) is 0.250. The van der Waals surface area contributed by atoms with Crippen LogP contribution in [0.25, 0.3) is 17.1 Å². The van der Waals surface area contributed by atoms with Gasteiger partial charge in [0.25, 0.3) is 5.91 Å². The molecule has 5 rings (SSSR count). The highest BCUT2D eigenvalue weighted by Crippen LogP contribution is 2.29. The smallest absolute Gasteiger partial charge is 0.322 e. The number of rotatable bonds is 4. The number of hydrogen-bond acceptors (Lipinski definition) is 4. The van der Waals surface area contributed by atoms with Crippen molar-refractivity contribution in [2.75, 3.05) is 5.32 Å². The van der Waals surface area contributed by atoms with E-state index in [4.69, 9.17) is 0 Å². The Bertz CT molecular complexity index is 1370. The van der Waals surface area contributed by atoms with Crippen LogP contribution in [0.3, 0.4) is 0 Å². The van der Waals surface area contributed by atoms with Gasteiger partial charge in [-0.1, -0.05) is 6.42 Å². The zero-order valence-electron chi connectivity index (χ0n) is 18.4. The summed E-state index contributed by atoms with van der Waals surface area (Å²) in [6.07, 6.45) is 0.496. The number of carbonyl (C=O) groups excluding carboxylic acids is 1. The van der Waals surface area contributed by atoms with Crippen LogP contribution in [0.1, 0.15) is 41.1 Å². The third-order valence-electron chi connectivity index (χ3n) is 5.85. The Labute approximate surface area is 197 Å². The highest BCUT2D eigenvalue weighted by atomic mass is 19.4. The van der Waals surface area contributed by atoms with Crippen LogP contribution in [0.15, 0.2) is 54.7 Å². The van der Waals surface area contributed by atoms with Crippen LogP contribution in [-0.2, 0) is 19.1 Å². The maximum atomic E-state index is 14.7. The van der Waals surface area contributed by atoms with E-state index in [9.17, 15) is 22.4 Å². The summed E-state index contributed by atoms with van der Waals surface area (Å²) in [7, 11) is 0. The standard InChI is InChI=1S/C24H20F4N6O/c25-19-10-7-16(14-18(19)22-31-30-21-4-2-1-3-12-33(21)22)29-23(35)15-5-8-17(9-6-15)34-13-11-20(32-34)24(26,27)28/h5-11,13-14H,1-4,12H2,(H,29,35). The second-order valence-electron chi connectivity index (χ2n) is 8.24. The Hall–Kier alpha value is -4.02. The number of alkyl halides is 3. The molecular formula is C24H20F4N6O. The van der Waals surface area contributed by atoms with Gasteiger partial charge in [-0.3, -0.25) is 4.79 Å². The lowest BCUT2D eigenvalue weighted by atomic mass is 10.1. The van der Waals surface area contributed by atoms with Crippen LogP contribution in [-0.4, -0.2) is 30.5 Å². The minimum absolute atomic E-state index is 0.248. The maximum absolute atomic E-state index is 14.7. The molecular weight excluding hydrogens is 464 g/mol. The first-order chi connectivity index (χ1) is 16.8. The predicted molar refractivity (Wildman–Crippen MR) is 119 cm³/mol. The van der Waals surface area contributed by atoms with Crippen molar-refractivity contribution in [1.82, 2.24) is 24.5 Å². The minimum Gasteiger partial charge on any atom is -0.322 e. The van der Waals surface area contributed by atoms with Gasteiger partial charge in [0.1, 0.15) is 11.6 Å². The van der Waals surface area contributed by atoms with Crippen molar-refractivity contribution in [2.24, 2.45) is 0 Å². The van der Waals surface area contributed by atoms with Gasteiger partial charge in [0.2, 0.25) is 0 Å². The highest BCUT2D eigenvalue weighted by molar-refractivity contribution is 6.04. The van der Waals surface area contributed by atoms with Crippen molar-refractivity contribution in [2.45, 2.75) is 38.4 Å². The molecule has 1 aliphatic rings. The molecule has 0 bridgehead atoms. The quantitative estimate of drug-likeness (QED) is 0.401. The van der Waals surface area contributed by atoms with Gasteiger partial charge in [-0.2, -0.15) is 18.3 Å². The van der Waals surface area contributed by atoms with E-state index in [1.54, 1.807) is 0 Å². The first-order valence-corrected chi connectivity index (χ1v) is 11.1. The zero-order valence-corrected chi connectivity index (χ0v) is 18.4. The van der Waals surface area contributed by atoms with Gasteiger partial charge in [-0.15, -0.1) is 10.2 Å². The number of amides is 1. The van der Waals surface area contributed by atoms with Crippen molar-refractivity contribution in [3.05, 3.63) is 77.6 Å². The molecule has 2 aromatic carbocycles. The monoisotopic (exact) mass is 484 g/mol. The van der Waals surface area contributed by atoms with Gasteiger partial charge in [-0.25, -0.2) is 9.07 Å². The van der Waals surface area contributed by atoms with Gasteiger partial charge >= 0.3 is 6.18 Å². The number of benzene rings is 2. The topological polar surface area (TPSA) is 77.6 Å². The van der Waals surface area contributed by atoms with Crippen LogP contribution in [0, 0.1) is 5.82 Å². The lowest BCUT2D eigenvalue weighted by molar-refractivity contribution is -0.141. The van der Waals surface area contributed by atoms with Crippen molar-refractivity contribution in [3.8, 4) is 17.1 Å². The Balaban J connectivity index is 1.34. The molecule has 0 unspecified atom stereocenters. The number of carbonyl (C=O) groups is 1. The molecule has 0 saturated carbocycles. The number of hydrogen-bond donors (Lipinski definition) is 1. The summed E-state index contributed by atoms with van der Waals surface area (Å²) in [6.45, 7) is 0.709. The van der Waals surface area contributed by atoms with Crippen molar-refractivity contribution >= 4 is 11.6 Å². The molecule has 0 spiro atoms. The first-order valence-electron chi connectivity index (χ1n) is 11.1. The fourth-order valence-electron chi connectivity index (χ4n) is 4.05. The molecule has 0 fully saturated rings. The lowest BCUT2D eigenvalue weighted by Crippen LogP contribution is -2.12. The summed E-state index contributed by atoms with van der Waals surface area (Å²) in [5.74, 6) is 0.332. The number of nitrogens with one attached hydrogen (secondary N) is 1. The summed E-state index contributed by atoms with van der Waals surface area (Å²) in [5, 5.41) is 14.6. The molecule has 1 amide bonds. The third kappa shape index (κ3) is 4.66. The van der Waals surface area contributed by atoms with Crippen LogP contribution in [0.5, 0.6) is 0 Å². The minimum atomic E-state index is -4.54. The van der Waals surface area contributed by atoms with Gasteiger partial charge in [0.05, 0.1) is 11.3 Å². The van der Waals surface area contributed by atoms with Crippen LogP contribution >= 0.6 is 0 Å². The Morgan fingerprint density at radius 3 is 2.51 bits per heavy atom. The van der Waals surface area contributed by atoms with E-state index in [2.05, 4.69) is 20.6 Å². The highest BCUT2D eigenvalue weighted by Gasteiger charge is 2.33. The molecule has 4 aromatic rings. The first kappa shape index (κ1) is 22.8. The molecule has 180 valence electrons. The van der Waals surface area contributed by atoms with E-state index in [0.29, 0.717) is 23.7 Å². The molecule has 0 atom stereocenters. The summed E-state index contributed by atoms with van der Waals surface area (Å²) >= 11 is 0. The number of halogens is 4. The summed E-state index contributed by atoms with van der Waals surface area (Å²) in [4.78, 5) is 12.7. The van der Waals surface area contributed by atoms with E-state index in [-0.39, 0.29) is 11.1 Å². The summed E-state index contributed by atoms with van der Waals surface area (Å²) in [6, 6.07) is 11.0. The Morgan fingerprint density at radius 1 is 0.971 bits per heavy atom.